The first kappa shape index (κ1) is 14.9. The van der Waals surface area contributed by atoms with Crippen LogP contribution < -0.4 is 5.19 Å². The van der Waals surface area contributed by atoms with Crippen molar-refractivity contribution in [1.82, 2.24) is 0 Å². The summed E-state index contributed by atoms with van der Waals surface area (Å²) in [6.07, 6.45) is 0. The Morgan fingerprint density at radius 3 is 1.59 bits per heavy atom. The van der Waals surface area contributed by atoms with Gasteiger partial charge in [-0.15, -0.1) is 0 Å². The normalized spacial score (nSPS) is 13.5. The summed E-state index contributed by atoms with van der Waals surface area (Å²) in [5.74, 6) is 0. The first-order valence-corrected chi connectivity index (χ1v) is 11.7. The third kappa shape index (κ3) is 3.93. The smallest absolute Gasteiger partial charge is 0.0594 e. The van der Waals surface area contributed by atoms with Crippen LogP contribution in [0.2, 0.25) is 10.1 Å². The average Bonchev–Trinajstić information content (AvgIpc) is 2.14. The molecule has 0 amide bonds. The van der Waals surface area contributed by atoms with Gasteiger partial charge in [-0.05, 0) is 10.1 Å². The van der Waals surface area contributed by atoms with Gasteiger partial charge >= 0.3 is 0 Å². The molecule has 17 heavy (non-hydrogen) atoms. The van der Waals surface area contributed by atoms with Crippen molar-refractivity contribution in [3.63, 3.8) is 0 Å². The molecule has 1 aromatic carbocycles. The maximum absolute atomic E-state index is 4.13. The molecule has 0 unspecified atom stereocenters. The van der Waals surface area contributed by atoms with Crippen LogP contribution in [0.4, 0.5) is 0 Å². The summed E-state index contributed by atoms with van der Waals surface area (Å²) < 4.78 is 0. The summed E-state index contributed by atoms with van der Waals surface area (Å²) in [7, 11) is 3.03. The highest BCUT2D eigenvalue weighted by Gasteiger charge is 2.41. The summed E-state index contributed by atoms with van der Waals surface area (Å²) in [5, 5.41) is 2.37. The van der Waals surface area contributed by atoms with Gasteiger partial charge in [-0.25, -0.2) is 0 Å². The van der Waals surface area contributed by atoms with Gasteiger partial charge in [0.2, 0.25) is 0 Å². The lowest BCUT2D eigenvalue weighted by Crippen LogP contribution is -2.55. The molecule has 5 radical (unpaired) electrons. The van der Waals surface area contributed by atoms with Crippen LogP contribution in [0, 0.1) is 0 Å². The summed E-state index contributed by atoms with van der Waals surface area (Å²) in [6, 6.07) is 11.0. The SMILES string of the molecule is CC(C)(C)[Si]([Si]([Si])c1ccccc1)C(C)(C)C. The van der Waals surface area contributed by atoms with Crippen LogP contribution >= 0.6 is 0 Å². The predicted octanol–water partition coefficient (Wildman–Crippen LogP) is 3.23. The molecule has 3 heteroatoms. The summed E-state index contributed by atoms with van der Waals surface area (Å²) in [6.45, 7) is 14.4. The van der Waals surface area contributed by atoms with E-state index >= 15 is 0 Å². The van der Waals surface area contributed by atoms with E-state index < -0.39 is 16.1 Å². The van der Waals surface area contributed by atoms with Crippen LogP contribution in [0.15, 0.2) is 30.3 Å². The Hall–Kier alpha value is -0.129. The first-order valence-electron chi connectivity index (χ1n) is 6.16. The Bertz CT molecular complexity index is 332. The van der Waals surface area contributed by atoms with Crippen molar-refractivity contribution in [1.29, 1.82) is 0 Å². The van der Waals surface area contributed by atoms with Crippen molar-refractivity contribution in [2.24, 2.45) is 0 Å². The highest BCUT2D eigenvalue weighted by atomic mass is 29.6. The second kappa shape index (κ2) is 5.24. The minimum atomic E-state index is -0.613. The third-order valence-corrected chi connectivity index (χ3v) is 17.2. The third-order valence-electron chi connectivity index (χ3n) is 2.81. The van der Waals surface area contributed by atoms with E-state index in [1.54, 1.807) is 0 Å². The van der Waals surface area contributed by atoms with Crippen LogP contribution in [0.3, 0.4) is 0 Å². The van der Waals surface area contributed by atoms with Crippen molar-refractivity contribution in [3.8, 4) is 0 Å². The fourth-order valence-electron chi connectivity index (χ4n) is 2.62. The summed E-state index contributed by atoms with van der Waals surface area (Å²) in [4.78, 5) is 0. The zero-order chi connectivity index (χ0) is 13.3. The molecule has 0 bridgehead atoms. The van der Waals surface area contributed by atoms with Crippen LogP contribution in [0.1, 0.15) is 41.5 Å². The van der Waals surface area contributed by atoms with Gasteiger partial charge < -0.3 is 0 Å². The van der Waals surface area contributed by atoms with Gasteiger partial charge in [0.1, 0.15) is 0 Å². The zero-order valence-corrected chi connectivity index (χ0v) is 14.9. The zero-order valence-electron chi connectivity index (χ0n) is 11.9. The molecule has 0 atom stereocenters. The second-order valence-electron chi connectivity index (χ2n) is 6.62. The molecule has 0 saturated heterocycles. The predicted molar refractivity (Wildman–Crippen MR) is 82.8 cm³/mol. The van der Waals surface area contributed by atoms with Crippen LogP contribution in [0.5, 0.6) is 0 Å². The van der Waals surface area contributed by atoms with Gasteiger partial charge in [-0.3, -0.25) is 0 Å². The topological polar surface area (TPSA) is 0 Å². The fraction of sp³-hybridized carbons (Fsp3) is 0.571. The van der Waals surface area contributed by atoms with Gasteiger partial charge in [-0.1, -0.05) is 77.1 Å². The van der Waals surface area contributed by atoms with Gasteiger partial charge in [0, 0.05) is 9.76 Å². The molecule has 0 fully saturated rings. The van der Waals surface area contributed by atoms with E-state index in [0.717, 1.165) is 0 Å². The van der Waals surface area contributed by atoms with E-state index in [1.165, 1.54) is 5.19 Å². The van der Waals surface area contributed by atoms with Gasteiger partial charge in [-0.2, -0.15) is 0 Å². The van der Waals surface area contributed by atoms with Crippen molar-refractivity contribution in [2.75, 3.05) is 0 Å². The molecule has 91 valence electrons. The van der Waals surface area contributed by atoms with E-state index in [2.05, 4.69) is 81.6 Å². The van der Waals surface area contributed by atoms with Crippen molar-refractivity contribution < 1.29 is 0 Å². The standard InChI is InChI=1S/C14H23Si3/c1-13(2,3)17(14(4,5)6)16(15)12-10-8-7-9-11-12/h7-11H,1-6H3. The van der Waals surface area contributed by atoms with Gasteiger partial charge in [0.25, 0.3) is 0 Å². The number of hydrogen-bond acceptors (Lipinski definition) is 0. The Morgan fingerprint density at radius 2 is 1.24 bits per heavy atom. The average molecular weight is 276 g/mol. The fourth-order valence-corrected chi connectivity index (χ4v) is 20.3. The highest BCUT2D eigenvalue weighted by molar-refractivity contribution is 7.47. The number of hydrogen-bond donors (Lipinski definition) is 0. The maximum atomic E-state index is 4.13. The largest absolute Gasteiger partial charge is 0.0682 e. The molecular formula is C14H23Si3. The van der Waals surface area contributed by atoms with E-state index in [1.807, 2.05) is 0 Å². The lowest BCUT2D eigenvalue weighted by molar-refractivity contribution is 0.659. The first-order chi connectivity index (χ1) is 7.64. The summed E-state index contributed by atoms with van der Waals surface area (Å²) in [5.41, 5.74) is 0. The summed E-state index contributed by atoms with van der Waals surface area (Å²) >= 11 is 0. The van der Waals surface area contributed by atoms with Gasteiger partial charge in [0.15, 0.2) is 0 Å². The maximum Gasteiger partial charge on any atom is 0.0594 e. The Balaban J connectivity index is 3.09. The molecule has 1 rings (SSSR count). The lowest BCUT2D eigenvalue weighted by Gasteiger charge is -2.42. The van der Waals surface area contributed by atoms with E-state index in [9.17, 15) is 0 Å². The quantitative estimate of drug-likeness (QED) is 0.727. The Kier molecular flexibility index (Phi) is 4.61. The molecule has 0 aliphatic carbocycles. The van der Waals surface area contributed by atoms with Gasteiger partial charge in [0.05, 0.1) is 16.1 Å². The minimum absolute atomic E-state index is 0.425. The minimum Gasteiger partial charge on any atom is -0.0682 e. The molecule has 0 spiro atoms. The monoisotopic (exact) mass is 275 g/mol. The lowest BCUT2D eigenvalue weighted by atomic mass is 10.2. The van der Waals surface area contributed by atoms with E-state index in [-0.39, 0.29) is 0 Å². The molecule has 0 saturated carbocycles. The van der Waals surface area contributed by atoms with Crippen LogP contribution in [0.25, 0.3) is 0 Å². The molecule has 0 heterocycles. The van der Waals surface area contributed by atoms with Crippen LogP contribution in [-0.2, 0) is 0 Å². The number of rotatable bonds is 2. The van der Waals surface area contributed by atoms with Crippen LogP contribution in [-0.4, -0.2) is 25.9 Å². The molecule has 0 nitrogen and oxygen atoms in total. The molecule has 0 aromatic heterocycles. The Labute approximate surface area is 113 Å². The van der Waals surface area contributed by atoms with Crippen molar-refractivity contribution >= 4 is 31.1 Å². The molecular weight excluding hydrogens is 252 g/mol. The molecule has 0 aliphatic heterocycles. The highest BCUT2D eigenvalue weighted by Crippen LogP contribution is 2.42. The molecule has 0 aliphatic rings. The number of benzene rings is 1. The second-order valence-corrected chi connectivity index (χ2v) is 17.7. The Morgan fingerprint density at radius 1 is 0.824 bits per heavy atom. The van der Waals surface area contributed by atoms with Crippen molar-refractivity contribution in [3.05, 3.63) is 30.3 Å². The van der Waals surface area contributed by atoms with Crippen molar-refractivity contribution in [2.45, 2.75) is 51.6 Å². The molecule has 1 aromatic rings. The van der Waals surface area contributed by atoms with E-state index in [0.29, 0.717) is 10.1 Å². The van der Waals surface area contributed by atoms with E-state index in [4.69, 9.17) is 0 Å². The molecule has 0 N–H and O–H groups in total.